The molecule has 0 amide bonds. The molecule has 0 aliphatic carbocycles. The van der Waals surface area contributed by atoms with Crippen LogP contribution < -0.4 is 0 Å². The fourth-order valence-electron chi connectivity index (χ4n) is 2.14. The molecule has 4 nitrogen and oxygen atoms in total. The molecule has 1 N–H and O–H groups in total. The predicted octanol–water partition coefficient (Wildman–Crippen LogP) is 0.856. The Morgan fingerprint density at radius 1 is 1.40 bits per heavy atom. The summed E-state index contributed by atoms with van der Waals surface area (Å²) < 4.78 is 5.35. The third-order valence-electron chi connectivity index (χ3n) is 3.28. The van der Waals surface area contributed by atoms with Crippen LogP contribution in [0.2, 0.25) is 0 Å². The van der Waals surface area contributed by atoms with Crippen LogP contribution in [0.1, 0.15) is 9.75 Å². The number of morpholine rings is 1. The average Bonchev–Trinajstić information content (AvgIpc) is 2.91. The van der Waals surface area contributed by atoms with Crippen LogP contribution in [0.3, 0.4) is 0 Å². The second kappa shape index (κ2) is 8.40. The molecule has 0 unspecified atom stereocenters. The molecule has 5 heteroatoms. The number of likely N-dealkylation sites (N-methyl/N-ethyl adjacent to an activating group) is 1. The van der Waals surface area contributed by atoms with Crippen LogP contribution in [-0.4, -0.2) is 68.0 Å². The Morgan fingerprint density at radius 2 is 2.20 bits per heavy atom. The molecule has 0 radical (unpaired) electrons. The van der Waals surface area contributed by atoms with Crippen molar-refractivity contribution in [2.45, 2.75) is 6.54 Å². The number of thiophene rings is 1. The van der Waals surface area contributed by atoms with E-state index in [-0.39, 0.29) is 6.61 Å². The lowest BCUT2D eigenvalue weighted by Crippen LogP contribution is -2.40. The van der Waals surface area contributed by atoms with Crippen LogP contribution in [-0.2, 0) is 11.3 Å². The molecule has 0 aromatic carbocycles. The molecule has 1 fully saturated rings. The van der Waals surface area contributed by atoms with E-state index in [1.165, 1.54) is 4.88 Å². The molecule has 1 saturated heterocycles. The molecular formula is C15H22N2O2S. The summed E-state index contributed by atoms with van der Waals surface area (Å²) in [6.07, 6.45) is 0. The Balaban J connectivity index is 1.73. The Hall–Kier alpha value is -0.900. The van der Waals surface area contributed by atoms with Crippen molar-refractivity contribution in [1.29, 1.82) is 0 Å². The van der Waals surface area contributed by atoms with Crippen molar-refractivity contribution in [2.24, 2.45) is 0 Å². The average molecular weight is 294 g/mol. The second-order valence-corrected chi connectivity index (χ2v) is 6.09. The maximum atomic E-state index is 8.68. The van der Waals surface area contributed by atoms with Crippen molar-refractivity contribution >= 4 is 11.3 Å². The van der Waals surface area contributed by atoms with E-state index >= 15 is 0 Å². The smallest absolute Gasteiger partial charge is 0.104 e. The van der Waals surface area contributed by atoms with Crippen LogP contribution >= 0.6 is 11.3 Å². The number of hydrogen-bond acceptors (Lipinski definition) is 5. The van der Waals surface area contributed by atoms with E-state index in [0.29, 0.717) is 0 Å². The summed E-state index contributed by atoms with van der Waals surface area (Å²) in [5.74, 6) is 5.63. The molecule has 0 atom stereocenters. The highest BCUT2D eigenvalue weighted by Crippen LogP contribution is 2.16. The summed E-state index contributed by atoms with van der Waals surface area (Å²) in [4.78, 5) is 7.13. The molecule has 0 bridgehead atoms. The number of ether oxygens (including phenoxy) is 1. The summed E-state index contributed by atoms with van der Waals surface area (Å²) in [5.41, 5.74) is 0. The monoisotopic (exact) mass is 294 g/mol. The molecular weight excluding hydrogens is 272 g/mol. The van der Waals surface area contributed by atoms with Crippen LogP contribution in [0.5, 0.6) is 0 Å². The SMILES string of the molecule is CN(CCN1CCOCC1)Cc1ccc(C#CCO)s1. The van der Waals surface area contributed by atoms with Gasteiger partial charge in [0.25, 0.3) is 0 Å². The molecule has 20 heavy (non-hydrogen) atoms. The van der Waals surface area contributed by atoms with Gasteiger partial charge in [0.2, 0.25) is 0 Å². The minimum Gasteiger partial charge on any atom is -0.384 e. The van der Waals surface area contributed by atoms with Gasteiger partial charge in [-0.3, -0.25) is 4.90 Å². The predicted molar refractivity (Wildman–Crippen MR) is 81.9 cm³/mol. The van der Waals surface area contributed by atoms with Crippen LogP contribution in [0, 0.1) is 11.8 Å². The first-order valence-electron chi connectivity index (χ1n) is 6.95. The molecule has 110 valence electrons. The maximum Gasteiger partial charge on any atom is 0.104 e. The summed E-state index contributed by atoms with van der Waals surface area (Å²) in [5, 5.41) is 8.68. The van der Waals surface area contributed by atoms with E-state index in [1.54, 1.807) is 11.3 Å². The largest absolute Gasteiger partial charge is 0.384 e. The summed E-state index contributed by atoms with van der Waals surface area (Å²) in [7, 11) is 2.15. The van der Waals surface area contributed by atoms with Gasteiger partial charge in [0.1, 0.15) is 6.61 Å². The molecule has 2 rings (SSSR count). The first kappa shape index (κ1) is 15.5. The Labute approximate surface area is 125 Å². The van der Waals surface area contributed by atoms with E-state index in [4.69, 9.17) is 9.84 Å². The van der Waals surface area contributed by atoms with Crippen molar-refractivity contribution in [3.63, 3.8) is 0 Å². The van der Waals surface area contributed by atoms with Crippen molar-refractivity contribution in [3.8, 4) is 11.8 Å². The lowest BCUT2D eigenvalue weighted by molar-refractivity contribution is 0.0342. The summed E-state index contributed by atoms with van der Waals surface area (Å²) in [6.45, 7) is 6.87. The zero-order chi connectivity index (χ0) is 14.2. The number of aliphatic hydroxyl groups is 1. The van der Waals surface area contributed by atoms with E-state index < -0.39 is 0 Å². The number of rotatable bonds is 5. The number of nitrogens with zero attached hydrogens (tertiary/aromatic N) is 2. The van der Waals surface area contributed by atoms with Crippen LogP contribution in [0.4, 0.5) is 0 Å². The van der Waals surface area contributed by atoms with Gasteiger partial charge >= 0.3 is 0 Å². The van der Waals surface area contributed by atoms with E-state index in [2.05, 4.69) is 34.8 Å². The van der Waals surface area contributed by atoms with E-state index in [1.807, 2.05) is 6.07 Å². The van der Waals surface area contributed by atoms with Crippen LogP contribution in [0.25, 0.3) is 0 Å². The van der Waals surface area contributed by atoms with Gasteiger partial charge in [0.05, 0.1) is 18.1 Å². The van der Waals surface area contributed by atoms with Crippen molar-refractivity contribution < 1.29 is 9.84 Å². The first-order chi connectivity index (χ1) is 9.78. The van der Waals surface area contributed by atoms with Crippen molar-refractivity contribution in [2.75, 3.05) is 53.0 Å². The number of aliphatic hydroxyl groups excluding tert-OH is 1. The van der Waals surface area contributed by atoms with Gasteiger partial charge in [-0.15, -0.1) is 11.3 Å². The summed E-state index contributed by atoms with van der Waals surface area (Å²) >= 11 is 1.70. The third kappa shape index (κ3) is 5.23. The minimum atomic E-state index is -0.0767. The Bertz CT molecular complexity index is 458. The molecule has 1 aromatic heterocycles. The quantitative estimate of drug-likeness (QED) is 0.817. The molecule has 0 saturated carbocycles. The van der Waals surface area contributed by atoms with Gasteiger partial charge in [-0.25, -0.2) is 0 Å². The zero-order valence-electron chi connectivity index (χ0n) is 12.0. The second-order valence-electron chi connectivity index (χ2n) is 4.92. The Kier molecular flexibility index (Phi) is 6.51. The van der Waals surface area contributed by atoms with Gasteiger partial charge in [-0.05, 0) is 19.2 Å². The van der Waals surface area contributed by atoms with Gasteiger partial charge in [0.15, 0.2) is 0 Å². The van der Waals surface area contributed by atoms with Gasteiger partial charge in [-0.2, -0.15) is 0 Å². The normalized spacial score (nSPS) is 16.1. The fraction of sp³-hybridized carbons (Fsp3) is 0.600. The van der Waals surface area contributed by atoms with Crippen molar-refractivity contribution in [3.05, 3.63) is 21.9 Å². The van der Waals surface area contributed by atoms with Gasteiger partial charge in [-0.1, -0.05) is 11.8 Å². The molecule has 0 spiro atoms. The Morgan fingerprint density at radius 3 is 2.95 bits per heavy atom. The van der Waals surface area contributed by atoms with Gasteiger partial charge < -0.3 is 14.7 Å². The lowest BCUT2D eigenvalue weighted by atomic mass is 10.3. The maximum absolute atomic E-state index is 8.68. The summed E-state index contributed by atoms with van der Waals surface area (Å²) in [6, 6.07) is 4.15. The minimum absolute atomic E-state index is 0.0767. The lowest BCUT2D eigenvalue weighted by Gasteiger charge is -2.28. The van der Waals surface area contributed by atoms with E-state index in [9.17, 15) is 0 Å². The third-order valence-corrected chi connectivity index (χ3v) is 4.27. The zero-order valence-corrected chi connectivity index (χ0v) is 12.8. The fourth-order valence-corrected chi connectivity index (χ4v) is 3.10. The molecule has 2 heterocycles. The molecule has 1 aliphatic rings. The van der Waals surface area contributed by atoms with Crippen molar-refractivity contribution in [1.82, 2.24) is 9.80 Å². The van der Waals surface area contributed by atoms with Crippen LogP contribution in [0.15, 0.2) is 12.1 Å². The highest BCUT2D eigenvalue weighted by molar-refractivity contribution is 7.12. The van der Waals surface area contributed by atoms with E-state index in [0.717, 1.165) is 50.8 Å². The molecule has 1 aromatic rings. The topological polar surface area (TPSA) is 35.9 Å². The van der Waals surface area contributed by atoms with Gasteiger partial charge in [0, 0.05) is 37.6 Å². The standard InChI is InChI=1S/C15H22N2O2S/c1-16(6-7-17-8-11-19-12-9-17)13-15-5-4-14(20-15)3-2-10-18/h4-5,18H,6-13H2,1H3. The highest BCUT2D eigenvalue weighted by atomic mass is 32.1. The number of hydrogen-bond donors (Lipinski definition) is 1. The molecule has 1 aliphatic heterocycles. The highest BCUT2D eigenvalue weighted by Gasteiger charge is 2.11. The first-order valence-corrected chi connectivity index (χ1v) is 7.76.